The molecule has 1 aliphatic carbocycles. The van der Waals surface area contributed by atoms with E-state index in [2.05, 4.69) is 11.8 Å². The molecule has 0 radical (unpaired) electrons. The summed E-state index contributed by atoms with van der Waals surface area (Å²) >= 11 is 0. The Hall–Kier alpha value is -0.810. The van der Waals surface area contributed by atoms with Crippen LogP contribution in [0.3, 0.4) is 0 Å². The molecule has 0 atom stereocenters. The van der Waals surface area contributed by atoms with Crippen LogP contribution in [0.4, 0.5) is 4.79 Å². The van der Waals surface area contributed by atoms with Gasteiger partial charge in [0.15, 0.2) is 0 Å². The molecule has 0 aromatic carbocycles. The van der Waals surface area contributed by atoms with Crippen LogP contribution in [-0.2, 0) is 0 Å². The molecule has 1 aliphatic rings. The third-order valence-electron chi connectivity index (χ3n) is 4.88. The molecule has 5 heteroatoms. The van der Waals surface area contributed by atoms with Gasteiger partial charge in [0.05, 0.1) is 6.61 Å². The maximum atomic E-state index is 10.8. The zero-order valence-electron chi connectivity index (χ0n) is 13.6. The van der Waals surface area contributed by atoms with Crippen molar-refractivity contribution in [2.45, 2.75) is 45.4 Å². The molecule has 0 heterocycles. The molecule has 124 valence electrons. The van der Waals surface area contributed by atoms with Gasteiger partial charge in [-0.2, -0.15) is 0 Å². The maximum Gasteiger partial charge on any atom is 0.407 e. The fourth-order valence-corrected chi connectivity index (χ4v) is 3.22. The Morgan fingerprint density at radius 3 is 2.00 bits per heavy atom. The van der Waals surface area contributed by atoms with Gasteiger partial charge in [-0.3, -0.25) is 0 Å². The molecule has 1 amide bonds. The summed E-state index contributed by atoms with van der Waals surface area (Å²) in [5.41, 5.74) is 0. The first-order valence-corrected chi connectivity index (χ1v) is 8.34. The molecular weight excluding hydrogens is 268 g/mol. The van der Waals surface area contributed by atoms with Crippen molar-refractivity contribution in [3.8, 4) is 0 Å². The van der Waals surface area contributed by atoms with E-state index in [1.165, 1.54) is 37.0 Å². The number of carbonyl (C=O) groups is 1. The second kappa shape index (κ2) is 10.0. The highest BCUT2D eigenvalue weighted by Gasteiger charge is 2.22. The van der Waals surface area contributed by atoms with Crippen molar-refractivity contribution >= 4 is 6.09 Å². The van der Waals surface area contributed by atoms with Crippen molar-refractivity contribution in [1.82, 2.24) is 9.80 Å². The van der Waals surface area contributed by atoms with Gasteiger partial charge in [-0.1, -0.05) is 32.6 Å². The minimum absolute atomic E-state index is 0.248. The predicted octanol–water partition coefficient (Wildman–Crippen LogP) is 2.50. The zero-order valence-corrected chi connectivity index (χ0v) is 13.6. The standard InChI is InChI=1S/C16H32N2O3/c1-3-18(12-13-19)11-9-15-6-4-14(5-7-15)8-10-17(2)16(20)21/h14-15,19H,3-13H2,1-2H3,(H,20,21). The molecule has 1 fully saturated rings. The van der Waals surface area contributed by atoms with Crippen LogP contribution in [-0.4, -0.2) is 65.9 Å². The minimum atomic E-state index is -0.827. The van der Waals surface area contributed by atoms with Crippen molar-refractivity contribution < 1.29 is 15.0 Å². The van der Waals surface area contributed by atoms with Gasteiger partial charge in [-0.05, 0) is 37.8 Å². The van der Waals surface area contributed by atoms with E-state index in [4.69, 9.17) is 10.2 Å². The highest BCUT2D eigenvalue weighted by Crippen LogP contribution is 2.32. The van der Waals surface area contributed by atoms with Crippen molar-refractivity contribution in [2.24, 2.45) is 11.8 Å². The largest absolute Gasteiger partial charge is 0.465 e. The Bertz CT molecular complexity index is 291. The Kier molecular flexibility index (Phi) is 8.69. The second-order valence-electron chi connectivity index (χ2n) is 6.33. The molecule has 1 rings (SSSR count). The Morgan fingerprint density at radius 1 is 1.05 bits per heavy atom. The summed E-state index contributed by atoms with van der Waals surface area (Å²) in [6.45, 7) is 5.94. The number of rotatable bonds is 9. The maximum absolute atomic E-state index is 10.8. The lowest BCUT2D eigenvalue weighted by molar-refractivity contribution is 0.148. The third kappa shape index (κ3) is 7.14. The van der Waals surface area contributed by atoms with Crippen molar-refractivity contribution in [2.75, 3.05) is 39.8 Å². The molecule has 2 N–H and O–H groups in total. The summed E-state index contributed by atoms with van der Waals surface area (Å²) in [6, 6.07) is 0. The number of aliphatic hydroxyl groups excluding tert-OH is 1. The number of aliphatic hydroxyl groups is 1. The van der Waals surface area contributed by atoms with E-state index in [0.717, 1.165) is 32.0 Å². The minimum Gasteiger partial charge on any atom is -0.465 e. The van der Waals surface area contributed by atoms with Crippen molar-refractivity contribution in [3.05, 3.63) is 0 Å². The molecular formula is C16H32N2O3. The molecule has 0 unspecified atom stereocenters. The highest BCUT2D eigenvalue weighted by molar-refractivity contribution is 5.64. The summed E-state index contributed by atoms with van der Waals surface area (Å²) < 4.78 is 0. The summed E-state index contributed by atoms with van der Waals surface area (Å²) in [7, 11) is 1.65. The van der Waals surface area contributed by atoms with E-state index < -0.39 is 6.09 Å². The second-order valence-corrected chi connectivity index (χ2v) is 6.33. The fraction of sp³-hybridized carbons (Fsp3) is 0.938. The molecule has 5 nitrogen and oxygen atoms in total. The summed E-state index contributed by atoms with van der Waals surface area (Å²) in [5.74, 6) is 1.51. The van der Waals surface area contributed by atoms with E-state index in [9.17, 15) is 4.79 Å². The highest BCUT2D eigenvalue weighted by atomic mass is 16.4. The number of hydrogen-bond acceptors (Lipinski definition) is 3. The van der Waals surface area contributed by atoms with Crippen LogP contribution in [0.5, 0.6) is 0 Å². The van der Waals surface area contributed by atoms with Crippen LogP contribution < -0.4 is 0 Å². The Balaban J connectivity index is 2.15. The normalized spacial score (nSPS) is 22.5. The number of amides is 1. The Morgan fingerprint density at radius 2 is 1.57 bits per heavy atom. The number of hydrogen-bond donors (Lipinski definition) is 2. The first kappa shape index (κ1) is 18.2. The lowest BCUT2D eigenvalue weighted by Gasteiger charge is -2.30. The van der Waals surface area contributed by atoms with Crippen LogP contribution in [0, 0.1) is 11.8 Å². The molecule has 0 aliphatic heterocycles. The van der Waals surface area contributed by atoms with Gasteiger partial charge >= 0.3 is 6.09 Å². The molecule has 0 saturated heterocycles. The molecule has 0 aromatic rings. The van der Waals surface area contributed by atoms with Gasteiger partial charge in [0.25, 0.3) is 0 Å². The average Bonchev–Trinajstić information content (AvgIpc) is 2.49. The van der Waals surface area contributed by atoms with Crippen LogP contribution in [0.15, 0.2) is 0 Å². The van der Waals surface area contributed by atoms with Gasteiger partial charge in [-0.25, -0.2) is 4.79 Å². The van der Waals surface area contributed by atoms with Crippen molar-refractivity contribution in [1.29, 1.82) is 0 Å². The Labute approximate surface area is 128 Å². The zero-order chi connectivity index (χ0) is 15.7. The van der Waals surface area contributed by atoms with E-state index in [-0.39, 0.29) is 6.61 Å². The number of nitrogens with zero attached hydrogens (tertiary/aromatic N) is 2. The quantitative estimate of drug-likeness (QED) is 0.687. The van der Waals surface area contributed by atoms with E-state index in [1.54, 1.807) is 7.05 Å². The monoisotopic (exact) mass is 300 g/mol. The van der Waals surface area contributed by atoms with Gasteiger partial charge in [-0.15, -0.1) is 0 Å². The average molecular weight is 300 g/mol. The number of likely N-dealkylation sites (N-methyl/N-ethyl adjacent to an activating group) is 1. The summed E-state index contributed by atoms with van der Waals surface area (Å²) in [5, 5.41) is 17.8. The van der Waals surface area contributed by atoms with E-state index in [1.807, 2.05) is 0 Å². The smallest absolute Gasteiger partial charge is 0.407 e. The van der Waals surface area contributed by atoms with E-state index >= 15 is 0 Å². The molecule has 0 bridgehead atoms. The fourth-order valence-electron chi connectivity index (χ4n) is 3.22. The van der Waals surface area contributed by atoms with Crippen LogP contribution in [0.25, 0.3) is 0 Å². The summed E-state index contributed by atoms with van der Waals surface area (Å²) in [4.78, 5) is 14.5. The first-order chi connectivity index (χ1) is 10.1. The lowest BCUT2D eigenvalue weighted by Crippen LogP contribution is -2.30. The third-order valence-corrected chi connectivity index (χ3v) is 4.88. The summed E-state index contributed by atoms with van der Waals surface area (Å²) in [6.07, 6.45) is 6.44. The number of carboxylic acid groups (broad SMARTS) is 1. The van der Waals surface area contributed by atoms with Crippen LogP contribution in [0.2, 0.25) is 0 Å². The SMILES string of the molecule is CCN(CCO)CCC1CCC(CCN(C)C(=O)O)CC1. The van der Waals surface area contributed by atoms with Gasteiger partial charge in [0, 0.05) is 20.1 Å². The molecule has 0 aromatic heterocycles. The predicted molar refractivity (Wildman–Crippen MR) is 84.5 cm³/mol. The van der Waals surface area contributed by atoms with Crippen LogP contribution in [0.1, 0.15) is 45.4 Å². The van der Waals surface area contributed by atoms with E-state index in [0.29, 0.717) is 12.5 Å². The van der Waals surface area contributed by atoms with Gasteiger partial charge in [0.1, 0.15) is 0 Å². The molecule has 21 heavy (non-hydrogen) atoms. The van der Waals surface area contributed by atoms with Gasteiger partial charge < -0.3 is 20.0 Å². The van der Waals surface area contributed by atoms with Gasteiger partial charge in [0.2, 0.25) is 0 Å². The van der Waals surface area contributed by atoms with Crippen molar-refractivity contribution in [3.63, 3.8) is 0 Å². The lowest BCUT2D eigenvalue weighted by atomic mass is 9.79. The van der Waals surface area contributed by atoms with Crippen LogP contribution >= 0.6 is 0 Å². The molecule has 0 spiro atoms. The molecule has 1 saturated carbocycles. The topological polar surface area (TPSA) is 64.0 Å². The first-order valence-electron chi connectivity index (χ1n) is 8.34.